The highest BCUT2D eigenvalue weighted by molar-refractivity contribution is 5.78. The second-order valence-electron chi connectivity index (χ2n) is 5.41. The molecule has 1 aromatic carbocycles. The number of nitrogens with zero attached hydrogens (tertiary/aromatic N) is 1. The summed E-state index contributed by atoms with van der Waals surface area (Å²) in [5.74, 6) is 0.161. The van der Waals surface area contributed by atoms with Crippen LogP contribution in [0.3, 0.4) is 0 Å². The predicted molar refractivity (Wildman–Crippen MR) is 85.5 cm³/mol. The number of hydrogen-bond acceptors (Lipinski definition) is 4. The van der Waals surface area contributed by atoms with Gasteiger partial charge in [-0.3, -0.25) is 15.1 Å². The maximum atomic E-state index is 11.8. The van der Waals surface area contributed by atoms with Crippen molar-refractivity contribution < 1.29 is 9.90 Å². The normalized spacial score (nSPS) is 12.1. The molecule has 2 rings (SSSR count). The SMILES string of the molecule is CC(C)NC(=O)CNC(c1ccc(O)cc1)c1cccnc1. The molecule has 1 heterocycles. The number of rotatable bonds is 6. The third kappa shape index (κ3) is 4.56. The van der Waals surface area contributed by atoms with Gasteiger partial charge in [-0.05, 0) is 43.2 Å². The summed E-state index contributed by atoms with van der Waals surface area (Å²) in [5, 5.41) is 15.5. The number of benzene rings is 1. The summed E-state index contributed by atoms with van der Waals surface area (Å²) in [6, 6.07) is 10.7. The molecule has 0 aliphatic carbocycles. The molecule has 3 N–H and O–H groups in total. The summed E-state index contributed by atoms with van der Waals surface area (Å²) in [7, 11) is 0. The largest absolute Gasteiger partial charge is 0.508 e. The van der Waals surface area contributed by atoms with E-state index in [-0.39, 0.29) is 30.3 Å². The number of pyridine rings is 1. The quantitative estimate of drug-likeness (QED) is 0.762. The van der Waals surface area contributed by atoms with Crippen LogP contribution < -0.4 is 10.6 Å². The van der Waals surface area contributed by atoms with Gasteiger partial charge in [-0.1, -0.05) is 18.2 Å². The van der Waals surface area contributed by atoms with Crippen molar-refractivity contribution in [1.82, 2.24) is 15.6 Å². The molecule has 5 heteroatoms. The molecular formula is C17H21N3O2. The summed E-state index contributed by atoms with van der Waals surface area (Å²) in [4.78, 5) is 16.0. The zero-order chi connectivity index (χ0) is 15.9. The van der Waals surface area contributed by atoms with Crippen molar-refractivity contribution in [2.75, 3.05) is 6.54 Å². The van der Waals surface area contributed by atoms with Crippen molar-refractivity contribution in [3.05, 3.63) is 59.9 Å². The Morgan fingerprint density at radius 3 is 2.50 bits per heavy atom. The molecule has 1 aromatic heterocycles. The van der Waals surface area contributed by atoms with Crippen molar-refractivity contribution in [1.29, 1.82) is 0 Å². The highest BCUT2D eigenvalue weighted by Gasteiger charge is 2.15. The second-order valence-corrected chi connectivity index (χ2v) is 5.41. The summed E-state index contributed by atoms with van der Waals surface area (Å²) >= 11 is 0. The number of carbonyl (C=O) groups is 1. The standard InChI is InChI=1S/C17H21N3O2/c1-12(2)20-16(22)11-19-17(14-4-3-9-18-10-14)13-5-7-15(21)8-6-13/h3-10,12,17,19,21H,11H2,1-2H3,(H,20,22). The van der Waals surface area contributed by atoms with E-state index in [1.165, 1.54) is 0 Å². The lowest BCUT2D eigenvalue weighted by Crippen LogP contribution is -2.39. The first kappa shape index (κ1) is 16.0. The van der Waals surface area contributed by atoms with Crippen molar-refractivity contribution in [2.24, 2.45) is 0 Å². The predicted octanol–water partition coefficient (Wildman–Crippen LogP) is 1.99. The van der Waals surface area contributed by atoms with Crippen LogP contribution in [0, 0.1) is 0 Å². The van der Waals surface area contributed by atoms with Gasteiger partial charge in [0.15, 0.2) is 0 Å². The monoisotopic (exact) mass is 299 g/mol. The molecule has 116 valence electrons. The average Bonchev–Trinajstić information content (AvgIpc) is 2.49. The minimum atomic E-state index is -0.160. The van der Waals surface area contributed by atoms with Crippen LogP contribution in [0.5, 0.6) is 5.75 Å². The number of hydrogen-bond donors (Lipinski definition) is 3. The molecular weight excluding hydrogens is 278 g/mol. The molecule has 0 aliphatic heterocycles. The van der Waals surface area contributed by atoms with E-state index in [1.807, 2.05) is 38.1 Å². The van der Waals surface area contributed by atoms with Crippen LogP contribution >= 0.6 is 0 Å². The first-order valence-electron chi connectivity index (χ1n) is 7.28. The highest BCUT2D eigenvalue weighted by Crippen LogP contribution is 2.23. The smallest absolute Gasteiger partial charge is 0.234 e. The molecule has 5 nitrogen and oxygen atoms in total. The maximum Gasteiger partial charge on any atom is 0.234 e. The van der Waals surface area contributed by atoms with Crippen molar-refractivity contribution >= 4 is 5.91 Å². The van der Waals surface area contributed by atoms with Crippen LogP contribution in [-0.4, -0.2) is 28.6 Å². The Morgan fingerprint density at radius 1 is 1.18 bits per heavy atom. The summed E-state index contributed by atoms with van der Waals surface area (Å²) in [5.41, 5.74) is 1.92. The zero-order valence-corrected chi connectivity index (χ0v) is 12.8. The van der Waals surface area contributed by atoms with Crippen LogP contribution in [-0.2, 0) is 4.79 Å². The van der Waals surface area contributed by atoms with E-state index in [0.717, 1.165) is 11.1 Å². The van der Waals surface area contributed by atoms with Gasteiger partial charge in [-0.25, -0.2) is 0 Å². The van der Waals surface area contributed by atoms with Gasteiger partial charge >= 0.3 is 0 Å². The Kier molecular flexibility index (Phi) is 5.49. The lowest BCUT2D eigenvalue weighted by Gasteiger charge is -2.20. The molecule has 0 saturated heterocycles. The Labute approximate surface area is 130 Å². The summed E-state index contributed by atoms with van der Waals surface area (Å²) in [6.45, 7) is 4.06. The van der Waals surface area contributed by atoms with E-state index in [1.54, 1.807) is 24.5 Å². The summed E-state index contributed by atoms with van der Waals surface area (Å²) < 4.78 is 0. The number of phenolic OH excluding ortho intramolecular Hbond substituents is 1. The van der Waals surface area contributed by atoms with Crippen LogP contribution in [0.25, 0.3) is 0 Å². The fourth-order valence-electron chi connectivity index (χ4n) is 2.21. The Hall–Kier alpha value is -2.40. The van der Waals surface area contributed by atoms with E-state index < -0.39 is 0 Å². The molecule has 0 saturated carbocycles. The molecule has 0 radical (unpaired) electrons. The minimum absolute atomic E-state index is 0.0531. The van der Waals surface area contributed by atoms with Crippen LogP contribution in [0.15, 0.2) is 48.8 Å². The number of aromatic hydroxyl groups is 1. The third-order valence-electron chi connectivity index (χ3n) is 3.16. The zero-order valence-electron chi connectivity index (χ0n) is 12.8. The van der Waals surface area contributed by atoms with E-state index >= 15 is 0 Å². The number of nitrogens with one attached hydrogen (secondary N) is 2. The van der Waals surface area contributed by atoms with Gasteiger partial charge in [-0.2, -0.15) is 0 Å². The van der Waals surface area contributed by atoms with E-state index in [9.17, 15) is 9.90 Å². The molecule has 1 atom stereocenters. The molecule has 1 amide bonds. The number of aromatic nitrogens is 1. The molecule has 0 bridgehead atoms. The number of phenols is 1. The Bertz CT molecular complexity index is 597. The molecule has 0 spiro atoms. The van der Waals surface area contributed by atoms with Gasteiger partial charge in [0.25, 0.3) is 0 Å². The molecule has 1 unspecified atom stereocenters. The molecule has 22 heavy (non-hydrogen) atoms. The third-order valence-corrected chi connectivity index (χ3v) is 3.16. The van der Waals surface area contributed by atoms with Gasteiger partial charge in [0.1, 0.15) is 5.75 Å². The number of amides is 1. The number of carbonyl (C=O) groups excluding carboxylic acids is 1. The van der Waals surface area contributed by atoms with E-state index in [4.69, 9.17) is 0 Å². The van der Waals surface area contributed by atoms with Crippen molar-refractivity contribution in [2.45, 2.75) is 25.9 Å². The van der Waals surface area contributed by atoms with E-state index in [0.29, 0.717) is 0 Å². The lowest BCUT2D eigenvalue weighted by atomic mass is 10.00. The lowest BCUT2D eigenvalue weighted by molar-refractivity contribution is -0.120. The van der Waals surface area contributed by atoms with E-state index in [2.05, 4.69) is 15.6 Å². The topological polar surface area (TPSA) is 74.2 Å². The van der Waals surface area contributed by atoms with Crippen LogP contribution in [0.2, 0.25) is 0 Å². The van der Waals surface area contributed by atoms with Gasteiger partial charge in [0.05, 0.1) is 12.6 Å². The van der Waals surface area contributed by atoms with Gasteiger partial charge in [0, 0.05) is 18.4 Å². The fourth-order valence-corrected chi connectivity index (χ4v) is 2.21. The summed E-state index contributed by atoms with van der Waals surface area (Å²) in [6.07, 6.45) is 3.48. The Balaban J connectivity index is 2.16. The van der Waals surface area contributed by atoms with Gasteiger partial charge in [0.2, 0.25) is 5.91 Å². The van der Waals surface area contributed by atoms with Crippen molar-refractivity contribution in [3.8, 4) is 5.75 Å². The van der Waals surface area contributed by atoms with Gasteiger partial charge in [-0.15, -0.1) is 0 Å². The minimum Gasteiger partial charge on any atom is -0.508 e. The fraction of sp³-hybridized carbons (Fsp3) is 0.294. The van der Waals surface area contributed by atoms with Gasteiger partial charge < -0.3 is 10.4 Å². The first-order valence-corrected chi connectivity index (χ1v) is 7.28. The Morgan fingerprint density at radius 2 is 1.91 bits per heavy atom. The molecule has 0 aliphatic rings. The van der Waals surface area contributed by atoms with Crippen molar-refractivity contribution in [3.63, 3.8) is 0 Å². The second kappa shape index (κ2) is 7.56. The van der Waals surface area contributed by atoms with Crippen LogP contribution in [0.4, 0.5) is 0 Å². The molecule has 0 fully saturated rings. The first-order chi connectivity index (χ1) is 10.6. The molecule has 2 aromatic rings. The highest BCUT2D eigenvalue weighted by atomic mass is 16.3. The van der Waals surface area contributed by atoms with Crippen LogP contribution in [0.1, 0.15) is 31.0 Å². The average molecular weight is 299 g/mol. The maximum absolute atomic E-state index is 11.8.